The summed E-state index contributed by atoms with van der Waals surface area (Å²) in [6, 6.07) is 0.165. The minimum atomic E-state index is -0.995. The van der Waals surface area contributed by atoms with Crippen molar-refractivity contribution in [2.24, 2.45) is 5.41 Å². The molecule has 0 saturated carbocycles. The van der Waals surface area contributed by atoms with E-state index in [-0.39, 0.29) is 17.3 Å². The normalized spacial score (nSPS) is 23.6. The van der Waals surface area contributed by atoms with Gasteiger partial charge in [0.05, 0.1) is 0 Å². The van der Waals surface area contributed by atoms with E-state index in [1.54, 1.807) is 4.57 Å². The second-order valence-corrected chi connectivity index (χ2v) is 5.34. The van der Waals surface area contributed by atoms with Crippen LogP contribution in [0.4, 0.5) is 0 Å². The average Bonchev–Trinajstić information content (AvgIpc) is 2.53. The van der Waals surface area contributed by atoms with E-state index in [4.69, 9.17) is 5.11 Å². The van der Waals surface area contributed by atoms with Crippen LogP contribution in [0.2, 0.25) is 0 Å². The first-order chi connectivity index (χ1) is 7.41. The number of nitrogens with zero attached hydrogens (tertiary/aromatic N) is 3. The van der Waals surface area contributed by atoms with Crippen molar-refractivity contribution in [2.45, 2.75) is 46.1 Å². The molecule has 1 aromatic heterocycles. The number of carboxylic acids is 1. The Bertz CT molecular complexity index is 423. The smallest absolute Gasteiger partial charge is 0.374 e. The number of carbonyl (C=O) groups is 1. The predicted octanol–water partition coefficient (Wildman–Crippen LogP) is 1.90. The van der Waals surface area contributed by atoms with E-state index < -0.39 is 5.97 Å². The summed E-state index contributed by atoms with van der Waals surface area (Å²) in [5.41, 5.74) is 0.172. The van der Waals surface area contributed by atoms with E-state index in [0.29, 0.717) is 0 Å². The van der Waals surface area contributed by atoms with Crippen molar-refractivity contribution in [2.75, 3.05) is 0 Å². The van der Waals surface area contributed by atoms with Gasteiger partial charge in [-0.15, -0.1) is 10.2 Å². The van der Waals surface area contributed by atoms with Crippen LogP contribution in [-0.4, -0.2) is 25.8 Å². The first kappa shape index (κ1) is 11.1. The second-order valence-electron chi connectivity index (χ2n) is 5.34. The maximum absolute atomic E-state index is 11.0. The van der Waals surface area contributed by atoms with Crippen LogP contribution >= 0.6 is 0 Å². The minimum absolute atomic E-state index is 0.0696. The molecule has 0 aromatic carbocycles. The van der Waals surface area contributed by atoms with Gasteiger partial charge in [0.1, 0.15) is 5.82 Å². The van der Waals surface area contributed by atoms with Crippen LogP contribution in [0.3, 0.4) is 0 Å². The number of aromatic nitrogens is 3. The Morgan fingerprint density at radius 2 is 2.19 bits per heavy atom. The summed E-state index contributed by atoms with van der Waals surface area (Å²) in [4.78, 5) is 11.0. The largest absolute Gasteiger partial charge is 0.475 e. The highest BCUT2D eigenvalue weighted by Gasteiger charge is 2.31. The Balaban J connectivity index is 2.48. The summed E-state index contributed by atoms with van der Waals surface area (Å²) >= 11 is 0. The summed E-state index contributed by atoms with van der Waals surface area (Å²) < 4.78 is 1.77. The third-order valence-corrected chi connectivity index (χ3v) is 3.27. The molecule has 0 amide bonds. The van der Waals surface area contributed by atoms with Gasteiger partial charge in [0.15, 0.2) is 0 Å². The van der Waals surface area contributed by atoms with Crippen LogP contribution in [-0.2, 0) is 6.42 Å². The van der Waals surface area contributed by atoms with Gasteiger partial charge in [-0.25, -0.2) is 4.79 Å². The molecule has 0 spiro atoms. The van der Waals surface area contributed by atoms with Crippen LogP contribution < -0.4 is 0 Å². The van der Waals surface area contributed by atoms with Crippen molar-refractivity contribution in [3.05, 3.63) is 11.6 Å². The summed E-state index contributed by atoms with van der Waals surface area (Å²) in [7, 11) is 0. The van der Waals surface area contributed by atoms with Crippen molar-refractivity contribution in [3.8, 4) is 0 Å². The number of hydrogen-bond donors (Lipinski definition) is 1. The van der Waals surface area contributed by atoms with Crippen LogP contribution in [0.25, 0.3) is 0 Å². The van der Waals surface area contributed by atoms with E-state index in [2.05, 4.69) is 24.0 Å². The first-order valence-electron chi connectivity index (χ1n) is 5.58. The Morgan fingerprint density at radius 3 is 2.81 bits per heavy atom. The molecule has 1 aliphatic heterocycles. The Hall–Kier alpha value is -1.39. The molecule has 0 fully saturated rings. The topological polar surface area (TPSA) is 68.0 Å². The molecule has 1 aromatic rings. The fraction of sp³-hybridized carbons (Fsp3) is 0.727. The third kappa shape index (κ3) is 1.81. The van der Waals surface area contributed by atoms with Gasteiger partial charge in [0.25, 0.3) is 0 Å². The first-order valence-corrected chi connectivity index (χ1v) is 5.58. The summed E-state index contributed by atoms with van der Waals surface area (Å²) in [6.45, 7) is 6.40. The van der Waals surface area contributed by atoms with Crippen molar-refractivity contribution in [3.63, 3.8) is 0 Å². The van der Waals surface area contributed by atoms with E-state index in [9.17, 15) is 4.79 Å². The van der Waals surface area contributed by atoms with Gasteiger partial charge in [-0.3, -0.25) is 0 Å². The third-order valence-electron chi connectivity index (χ3n) is 3.27. The molecule has 5 nitrogen and oxygen atoms in total. The zero-order valence-corrected chi connectivity index (χ0v) is 9.90. The summed E-state index contributed by atoms with van der Waals surface area (Å²) in [5, 5.41) is 16.8. The van der Waals surface area contributed by atoms with E-state index in [1.165, 1.54) is 0 Å². The van der Waals surface area contributed by atoms with Crippen LogP contribution in [0.5, 0.6) is 0 Å². The molecular formula is C11H17N3O2. The fourth-order valence-corrected chi connectivity index (χ4v) is 2.30. The maximum atomic E-state index is 11.0. The number of fused-ring (bicyclic) bond motifs is 1. The molecule has 88 valence electrons. The zero-order valence-electron chi connectivity index (χ0n) is 9.90. The zero-order chi connectivity index (χ0) is 11.9. The lowest BCUT2D eigenvalue weighted by Crippen LogP contribution is -2.15. The average molecular weight is 223 g/mol. The highest BCUT2D eigenvalue weighted by atomic mass is 16.4. The van der Waals surface area contributed by atoms with Crippen LogP contribution in [0.15, 0.2) is 0 Å². The lowest BCUT2D eigenvalue weighted by molar-refractivity contribution is 0.0675. The van der Waals surface area contributed by atoms with Crippen molar-refractivity contribution in [1.29, 1.82) is 0 Å². The molecule has 1 atom stereocenters. The molecule has 5 heteroatoms. The lowest BCUT2D eigenvalue weighted by Gasteiger charge is -2.20. The number of carboxylic acid groups (broad SMARTS) is 1. The molecule has 1 unspecified atom stereocenters. The number of rotatable bonds is 1. The molecule has 2 heterocycles. The van der Waals surface area contributed by atoms with Crippen molar-refractivity contribution < 1.29 is 9.90 Å². The standard InChI is InChI=1S/C11H17N3O2/c1-7-4-5-11(2,3)6-8-12-13-9(10(15)16)14(7)8/h7H,4-6H2,1-3H3,(H,15,16). The maximum Gasteiger partial charge on any atom is 0.374 e. The molecule has 1 aliphatic rings. The predicted molar refractivity (Wildman–Crippen MR) is 58.4 cm³/mol. The Morgan fingerprint density at radius 1 is 1.50 bits per heavy atom. The van der Waals surface area contributed by atoms with Crippen molar-refractivity contribution >= 4 is 5.97 Å². The number of aromatic carboxylic acids is 1. The number of hydrogen-bond acceptors (Lipinski definition) is 3. The van der Waals surface area contributed by atoms with Gasteiger partial charge in [0, 0.05) is 12.5 Å². The Kier molecular flexibility index (Phi) is 2.48. The highest BCUT2D eigenvalue weighted by molar-refractivity contribution is 5.83. The Labute approximate surface area is 94.5 Å². The molecule has 1 N–H and O–H groups in total. The van der Waals surface area contributed by atoms with Gasteiger partial charge in [-0.05, 0) is 25.2 Å². The molecule has 2 rings (SSSR count). The second kappa shape index (κ2) is 3.57. The van der Waals surface area contributed by atoms with Gasteiger partial charge in [-0.1, -0.05) is 13.8 Å². The van der Waals surface area contributed by atoms with Gasteiger partial charge < -0.3 is 9.67 Å². The fourth-order valence-electron chi connectivity index (χ4n) is 2.30. The van der Waals surface area contributed by atoms with E-state index in [0.717, 1.165) is 25.1 Å². The van der Waals surface area contributed by atoms with E-state index >= 15 is 0 Å². The molecule has 0 aliphatic carbocycles. The van der Waals surface area contributed by atoms with Crippen LogP contribution in [0, 0.1) is 5.41 Å². The molecule has 0 saturated heterocycles. The summed E-state index contributed by atoms with van der Waals surface area (Å²) in [6.07, 6.45) is 2.84. The summed E-state index contributed by atoms with van der Waals surface area (Å²) in [5.74, 6) is -0.127. The highest BCUT2D eigenvalue weighted by Crippen LogP contribution is 2.34. The van der Waals surface area contributed by atoms with E-state index in [1.807, 2.05) is 6.92 Å². The molecule has 0 bridgehead atoms. The quantitative estimate of drug-likeness (QED) is 0.789. The minimum Gasteiger partial charge on any atom is -0.475 e. The van der Waals surface area contributed by atoms with Crippen molar-refractivity contribution in [1.82, 2.24) is 14.8 Å². The van der Waals surface area contributed by atoms with Gasteiger partial charge in [-0.2, -0.15) is 0 Å². The lowest BCUT2D eigenvalue weighted by atomic mass is 9.84. The SMILES string of the molecule is CC1CCC(C)(C)Cc2nnc(C(=O)O)n21. The monoisotopic (exact) mass is 223 g/mol. The van der Waals surface area contributed by atoms with Gasteiger partial charge >= 0.3 is 5.97 Å². The molecule has 16 heavy (non-hydrogen) atoms. The van der Waals surface area contributed by atoms with Gasteiger partial charge in [0.2, 0.25) is 5.82 Å². The molecular weight excluding hydrogens is 206 g/mol. The molecule has 0 radical (unpaired) electrons. The van der Waals surface area contributed by atoms with Crippen LogP contribution in [0.1, 0.15) is 56.1 Å².